The number of hydrogen-bond donors (Lipinski definition) is 2. The fraction of sp³-hybridized carbons (Fsp3) is 1.00. The predicted octanol–water partition coefficient (Wildman–Crippen LogP) is 0.946. The largest absolute Gasteiger partial charge is 0.328 e. The molecule has 0 bridgehead atoms. The summed E-state index contributed by atoms with van der Waals surface area (Å²) in [5.41, 5.74) is 0. The monoisotopic (exact) mass is 207 g/mol. The topological polar surface area (TPSA) is 52.9 Å². The molecule has 1 rings (SSSR count). The van der Waals surface area contributed by atoms with Crippen LogP contribution in [0.25, 0.3) is 0 Å². The molecule has 1 fully saturated rings. The van der Waals surface area contributed by atoms with Gasteiger partial charge in [-0.25, -0.2) is 0 Å². The molecule has 0 aliphatic carbocycles. The maximum absolute atomic E-state index is 8.59. The molecule has 5 heteroatoms. The zero-order valence-corrected chi connectivity index (χ0v) is 8.91. The first kappa shape index (κ1) is 11.3. The lowest BCUT2D eigenvalue weighted by molar-refractivity contribution is 0.126. The molecule has 0 saturated carbocycles. The Morgan fingerprint density at radius 1 is 1.54 bits per heavy atom. The molecular weight excluding hydrogens is 189 g/mol. The van der Waals surface area contributed by atoms with Crippen LogP contribution in [0.15, 0.2) is 0 Å². The third-order valence-electron chi connectivity index (χ3n) is 2.48. The van der Waals surface area contributed by atoms with Gasteiger partial charge in [-0.15, -0.1) is 0 Å². The van der Waals surface area contributed by atoms with Crippen LogP contribution in [0.1, 0.15) is 19.8 Å². The van der Waals surface area contributed by atoms with E-state index in [1.165, 1.54) is 13.0 Å². The summed E-state index contributed by atoms with van der Waals surface area (Å²) in [6.45, 7) is 5.90. The van der Waals surface area contributed by atoms with Crippen molar-refractivity contribution in [3.05, 3.63) is 0 Å². The van der Waals surface area contributed by atoms with E-state index in [-0.39, 0.29) is 0 Å². The smallest absolute Gasteiger partial charge is 0.327 e. The lowest BCUT2D eigenvalue weighted by Gasteiger charge is -2.31. The summed E-state index contributed by atoms with van der Waals surface area (Å²) in [4.78, 5) is 19.6. The molecule has 1 atom stereocenters. The van der Waals surface area contributed by atoms with Crippen LogP contribution in [0.4, 0.5) is 0 Å². The summed E-state index contributed by atoms with van der Waals surface area (Å²) in [5, 5.41) is 0. The van der Waals surface area contributed by atoms with E-state index < -0.39 is 8.60 Å². The Morgan fingerprint density at radius 2 is 2.31 bits per heavy atom. The van der Waals surface area contributed by atoms with E-state index in [1.54, 1.807) is 0 Å². The van der Waals surface area contributed by atoms with Crippen molar-refractivity contribution in [1.82, 2.24) is 4.90 Å². The molecule has 1 saturated heterocycles. The van der Waals surface area contributed by atoms with Gasteiger partial charge in [0.2, 0.25) is 0 Å². The van der Waals surface area contributed by atoms with Crippen molar-refractivity contribution in [3.8, 4) is 0 Å². The molecule has 13 heavy (non-hydrogen) atoms. The highest BCUT2D eigenvalue weighted by Gasteiger charge is 2.19. The predicted molar refractivity (Wildman–Crippen MR) is 52.1 cm³/mol. The molecule has 2 N–H and O–H groups in total. The van der Waals surface area contributed by atoms with E-state index in [1.807, 2.05) is 0 Å². The molecule has 1 aliphatic rings. The van der Waals surface area contributed by atoms with Crippen LogP contribution < -0.4 is 0 Å². The molecule has 4 nitrogen and oxygen atoms in total. The second kappa shape index (κ2) is 5.89. The van der Waals surface area contributed by atoms with Gasteiger partial charge in [0.15, 0.2) is 0 Å². The van der Waals surface area contributed by atoms with E-state index in [4.69, 9.17) is 14.3 Å². The first-order valence-electron chi connectivity index (χ1n) is 4.75. The number of nitrogens with zero attached hydrogens (tertiary/aromatic N) is 1. The Kier molecular flexibility index (Phi) is 5.14. The summed E-state index contributed by atoms with van der Waals surface area (Å²) in [6.07, 6.45) is 2.33. The lowest BCUT2D eigenvalue weighted by atomic mass is 9.99. The van der Waals surface area contributed by atoms with Crippen molar-refractivity contribution in [2.75, 3.05) is 26.2 Å². The highest BCUT2D eigenvalue weighted by atomic mass is 31.2. The van der Waals surface area contributed by atoms with Gasteiger partial charge in [0.05, 0.1) is 6.61 Å². The molecule has 78 valence electrons. The molecule has 0 spiro atoms. The third kappa shape index (κ3) is 4.34. The summed E-state index contributed by atoms with van der Waals surface area (Å²) < 4.78 is 4.82. The SMILES string of the molecule is CCN1CCCC(COP(O)O)C1. The van der Waals surface area contributed by atoms with Gasteiger partial charge >= 0.3 is 8.60 Å². The molecule has 0 aromatic carbocycles. The van der Waals surface area contributed by atoms with Crippen LogP contribution in [0.2, 0.25) is 0 Å². The zero-order valence-electron chi connectivity index (χ0n) is 8.02. The van der Waals surface area contributed by atoms with E-state index >= 15 is 0 Å². The second-order valence-corrected chi connectivity index (χ2v) is 4.21. The normalized spacial score (nSPS) is 25.4. The van der Waals surface area contributed by atoms with Crippen LogP contribution in [-0.2, 0) is 4.52 Å². The highest BCUT2D eigenvalue weighted by molar-refractivity contribution is 7.39. The lowest BCUT2D eigenvalue weighted by Crippen LogP contribution is -2.36. The average Bonchev–Trinajstić information content (AvgIpc) is 2.15. The van der Waals surface area contributed by atoms with Gasteiger partial charge in [-0.2, -0.15) is 0 Å². The standard InChI is InChI=1S/C8H18NO3P/c1-2-9-5-3-4-8(6-9)7-12-13(10)11/h8,10-11H,2-7H2,1H3. The minimum absolute atomic E-state index is 0.470. The highest BCUT2D eigenvalue weighted by Crippen LogP contribution is 2.27. The van der Waals surface area contributed by atoms with Crippen LogP contribution in [0, 0.1) is 5.92 Å². The van der Waals surface area contributed by atoms with E-state index in [0.29, 0.717) is 12.5 Å². The van der Waals surface area contributed by atoms with Gasteiger partial charge in [0, 0.05) is 6.54 Å². The minimum Gasteiger partial charge on any atom is -0.328 e. The number of piperidine rings is 1. The Bertz CT molecular complexity index is 145. The second-order valence-electron chi connectivity index (χ2n) is 3.45. The molecule has 0 amide bonds. The molecule has 0 radical (unpaired) electrons. The van der Waals surface area contributed by atoms with E-state index in [0.717, 1.165) is 19.5 Å². The van der Waals surface area contributed by atoms with Crippen molar-refractivity contribution in [1.29, 1.82) is 0 Å². The van der Waals surface area contributed by atoms with Gasteiger partial charge in [-0.3, -0.25) is 0 Å². The molecule has 1 unspecified atom stereocenters. The van der Waals surface area contributed by atoms with Crippen LogP contribution >= 0.6 is 8.60 Å². The zero-order chi connectivity index (χ0) is 9.68. The summed E-state index contributed by atoms with van der Waals surface area (Å²) in [5.74, 6) is 0.470. The number of rotatable bonds is 4. The van der Waals surface area contributed by atoms with Crippen molar-refractivity contribution >= 4 is 8.60 Å². The summed E-state index contributed by atoms with van der Waals surface area (Å²) >= 11 is 0. The molecule has 0 aromatic rings. The van der Waals surface area contributed by atoms with Gasteiger partial charge in [-0.05, 0) is 31.8 Å². The Labute approximate surface area is 80.5 Å². The molecule has 0 aromatic heterocycles. The summed E-state index contributed by atoms with van der Waals surface area (Å²) in [6, 6.07) is 0. The van der Waals surface area contributed by atoms with Crippen molar-refractivity contribution < 1.29 is 14.3 Å². The maximum Gasteiger partial charge on any atom is 0.327 e. The van der Waals surface area contributed by atoms with Crippen LogP contribution in [0.5, 0.6) is 0 Å². The molecular formula is C8H18NO3P. The van der Waals surface area contributed by atoms with Crippen molar-refractivity contribution in [3.63, 3.8) is 0 Å². The molecule has 1 heterocycles. The van der Waals surface area contributed by atoms with Gasteiger partial charge < -0.3 is 19.2 Å². The fourth-order valence-electron chi connectivity index (χ4n) is 1.75. The first-order chi connectivity index (χ1) is 6.22. The van der Waals surface area contributed by atoms with E-state index in [2.05, 4.69) is 11.8 Å². The fourth-order valence-corrected chi connectivity index (χ4v) is 2.09. The van der Waals surface area contributed by atoms with Gasteiger partial charge in [0.25, 0.3) is 0 Å². The summed E-state index contributed by atoms with van der Waals surface area (Å²) in [7, 11) is -2.16. The Hall–Kier alpha value is 0.270. The van der Waals surface area contributed by atoms with Crippen LogP contribution in [-0.4, -0.2) is 40.9 Å². The van der Waals surface area contributed by atoms with Crippen LogP contribution in [0.3, 0.4) is 0 Å². The first-order valence-corrected chi connectivity index (χ1v) is 5.92. The third-order valence-corrected chi connectivity index (χ3v) is 2.86. The number of hydrogen-bond acceptors (Lipinski definition) is 4. The Balaban J connectivity index is 2.18. The Morgan fingerprint density at radius 3 is 2.92 bits per heavy atom. The number of likely N-dealkylation sites (tertiary alicyclic amines) is 1. The van der Waals surface area contributed by atoms with Gasteiger partial charge in [0.1, 0.15) is 0 Å². The van der Waals surface area contributed by atoms with E-state index in [9.17, 15) is 0 Å². The van der Waals surface area contributed by atoms with Crippen molar-refractivity contribution in [2.45, 2.75) is 19.8 Å². The minimum atomic E-state index is -2.16. The molecule has 1 aliphatic heterocycles. The average molecular weight is 207 g/mol. The quantitative estimate of drug-likeness (QED) is 0.674. The maximum atomic E-state index is 8.59. The van der Waals surface area contributed by atoms with Crippen molar-refractivity contribution in [2.24, 2.45) is 5.92 Å². The van der Waals surface area contributed by atoms with Gasteiger partial charge in [-0.1, -0.05) is 6.92 Å².